The number of nitrogens with zero attached hydrogens (tertiary/aromatic N) is 2. The zero-order valence-electron chi connectivity index (χ0n) is 18.3. The van der Waals surface area contributed by atoms with Gasteiger partial charge in [0.2, 0.25) is 5.91 Å². The maximum Gasteiger partial charge on any atom is 0.226 e. The normalized spacial score (nSPS) is 14.1. The molecular formula is C26H27ClFN3O2. The summed E-state index contributed by atoms with van der Waals surface area (Å²) in [5, 5.41) is 3.97. The summed E-state index contributed by atoms with van der Waals surface area (Å²) < 4.78 is 19.6. The smallest absolute Gasteiger partial charge is 0.226 e. The van der Waals surface area contributed by atoms with Gasteiger partial charge >= 0.3 is 0 Å². The highest BCUT2D eigenvalue weighted by atomic mass is 35.5. The number of rotatable bonds is 8. The van der Waals surface area contributed by atoms with Crippen LogP contribution in [-0.2, 0) is 11.3 Å². The fourth-order valence-corrected chi connectivity index (χ4v) is 4.18. The molecule has 0 bridgehead atoms. The van der Waals surface area contributed by atoms with Crippen molar-refractivity contribution < 1.29 is 13.9 Å². The summed E-state index contributed by atoms with van der Waals surface area (Å²) in [6.07, 6.45) is 3.34. The second-order valence-electron chi connectivity index (χ2n) is 8.07. The van der Waals surface area contributed by atoms with Gasteiger partial charge in [-0.2, -0.15) is 0 Å². The van der Waals surface area contributed by atoms with Gasteiger partial charge in [-0.3, -0.25) is 9.78 Å². The van der Waals surface area contributed by atoms with Crippen LogP contribution in [0.4, 0.5) is 4.39 Å². The summed E-state index contributed by atoms with van der Waals surface area (Å²) in [7, 11) is 0. The molecule has 4 rings (SSSR count). The number of hydrogen-bond donors (Lipinski definition) is 1. The molecule has 33 heavy (non-hydrogen) atoms. The van der Waals surface area contributed by atoms with Crippen LogP contribution in [0.5, 0.6) is 5.75 Å². The van der Waals surface area contributed by atoms with E-state index in [4.69, 9.17) is 16.3 Å². The molecule has 7 heteroatoms. The number of pyridine rings is 1. The number of nitrogens with one attached hydrogen (secondary N) is 1. The lowest BCUT2D eigenvalue weighted by molar-refractivity contribution is -0.137. The molecule has 1 N–H and O–H groups in total. The van der Waals surface area contributed by atoms with Crippen LogP contribution in [-0.4, -0.2) is 42.0 Å². The molecule has 3 aromatic rings. The Kier molecular flexibility index (Phi) is 7.92. The molecular weight excluding hydrogens is 441 g/mol. The summed E-state index contributed by atoms with van der Waals surface area (Å²) >= 11 is 6.06. The van der Waals surface area contributed by atoms with E-state index in [0.717, 1.165) is 42.8 Å². The average molecular weight is 468 g/mol. The molecule has 5 nitrogen and oxygen atoms in total. The second kappa shape index (κ2) is 11.3. The Morgan fingerprint density at radius 2 is 1.85 bits per heavy atom. The third kappa shape index (κ3) is 6.09. The van der Waals surface area contributed by atoms with E-state index in [1.807, 2.05) is 36.4 Å². The van der Waals surface area contributed by atoms with Crippen LogP contribution in [0.15, 0.2) is 66.9 Å². The lowest BCUT2D eigenvalue weighted by Gasteiger charge is -2.30. The topological polar surface area (TPSA) is 54.5 Å². The lowest BCUT2D eigenvalue weighted by atomic mass is 9.96. The van der Waals surface area contributed by atoms with E-state index in [9.17, 15) is 9.18 Å². The van der Waals surface area contributed by atoms with Gasteiger partial charge in [0, 0.05) is 22.7 Å². The van der Waals surface area contributed by atoms with Crippen molar-refractivity contribution in [2.75, 3.05) is 26.2 Å². The predicted octanol–water partition coefficient (Wildman–Crippen LogP) is 4.95. The zero-order chi connectivity index (χ0) is 23.0. The Balaban J connectivity index is 1.54. The number of ether oxygens (including phenoxy) is 1. The van der Waals surface area contributed by atoms with Crippen LogP contribution in [0.3, 0.4) is 0 Å². The minimum Gasteiger partial charge on any atom is -0.489 e. The van der Waals surface area contributed by atoms with E-state index in [-0.39, 0.29) is 24.2 Å². The van der Waals surface area contributed by atoms with Crippen molar-refractivity contribution in [3.63, 3.8) is 0 Å². The first-order valence-electron chi connectivity index (χ1n) is 11.2. The van der Waals surface area contributed by atoms with Gasteiger partial charge in [-0.1, -0.05) is 41.9 Å². The number of amides is 1. The highest BCUT2D eigenvalue weighted by molar-refractivity contribution is 6.30. The predicted molar refractivity (Wildman–Crippen MR) is 128 cm³/mol. The Morgan fingerprint density at radius 3 is 2.61 bits per heavy atom. The number of piperidine rings is 1. The minimum atomic E-state index is -0.413. The summed E-state index contributed by atoms with van der Waals surface area (Å²) in [6.45, 7) is 2.54. The number of benzene rings is 2. The Bertz CT molecular complexity index is 1070. The summed E-state index contributed by atoms with van der Waals surface area (Å²) in [5.41, 5.74) is 2.74. The van der Waals surface area contributed by atoms with Gasteiger partial charge in [-0.25, -0.2) is 4.39 Å². The van der Waals surface area contributed by atoms with Gasteiger partial charge in [0.1, 0.15) is 6.61 Å². The maximum atomic E-state index is 13.9. The van der Waals surface area contributed by atoms with Crippen molar-refractivity contribution in [3.05, 3.63) is 83.4 Å². The van der Waals surface area contributed by atoms with Gasteiger partial charge in [-0.05, 0) is 61.8 Å². The Hall–Kier alpha value is -2.96. The number of para-hydroxylation sites is 1. The van der Waals surface area contributed by atoms with E-state index in [2.05, 4.69) is 10.3 Å². The van der Waals surface area contributed by atoms with E-state index in [0.29, 0.717) is 18.1 Å². The molecule has 1 aliphatic heterocycles. The molecule has 0 unspecified atom stereocenters. The van der Waals surface area contributed by atoms with Gasteiger partial charge in [0.05, 0.1) is 18.8 Å². The van der Waals surface area contributed by atoms with E-state index >= 15 is 0 Å². The first kappa shape index (κ1) is 23.2. The molecule has 1 aliphatic rings. The third-order valence-corrected chi connectivity index (χ3v) is 6.09. The Labute approximate surface area is 198 Å². The monoisotopic (exact) mass is 467 g/mol. The largest absolute Gasteiger partial charge is 0.489 e. The summed E-state index contributed by atoms with van der Waals surface area (Å²) in [4.78, 5) is 19.8. The SMILES string of the molecule is O=C(C1CCNCC1)N(CCOc1ccccc1F)Cc1ncccc1-c1ccc(Cl)cc1. The molecule has 1 fully saturated rings. The van der Waals surface area contributed by atoms with E-state index < -0.39 is 5.82 Å². The minimum absolute atomic E-state index is 0.0394. The third-order valence-electron chi connectivity index (χ3n) is 5.84. The fourth-order valence-electron chi connectivity index (χ4n) is 4.06. The van der Waals surface area contributed by atoms with Gasteiger partial charge in [0.25, 0.3) is 0 Å². The molecule has 1 aromatic heterocycles. The van der Waals surface area contributed by atoms with Gasteiger partial charge in [-0.15, -0.1) is 0 Å². The zero-order valence-corrected chi connectivity index (χ0v) is 19.1. The van der Waals surface area contributed by atoms with Crippen molar-refractivity contribution in [1.29, 1.82) is 0 Å². The summed E-state index contributed by atoms with van der Waals surface area (Å²) in [5.74, 6) is -0.182. The molecule has 0 aliphatic carbocycles. The van der Waals surface area contributed by atoms with Crippen molar-refractivity contribution in [2.24, 2.45) is 5.92 Å². The number of carbonyl (C=O) groups is 1. The highest BCUT2D eigenvalue weighted by Gasteiger charge is 2.27. The molecule has 1 saturated heterocycles. The van der Waals surface area contributed by atoms with E-state index in [1.54, 1.807) is 29.3 Å². The molecule has 0 saturated carbocycles. The first-order valence-corrected chi connectivity index (χ1v) is 11.6. The molecule has 1 amide bonds. The maximum absolute atomic E-state index is 13.9. The van der Waals surface area contributed by atoms with Crippen LogP contribution in [0.25, 0.3) is 11.1 Å². The quantitative estimate of drug-likeness (QED) is 0.509. The molecule has 2 heterocycles. The summed E-state index contributed by atoms with van der Waals surface area (Å²) in [6, 6.07) is 17.7. The number of halogens is 2. The molecule has 2 aromatic carbocycles. The van der Waals surface area contributed by atoms with Gasteiger partial charge in [0.15, 0.2) is 11.6 Å². The number of aromatic nitrogens is 1. The van der Waals surface area contributed by atoms with Crippen LogP contribution in [0.1, 0.15) is 18.5 Å². The number of carbonyl (C=O) groups excluding carboxylic acids is 1. The fraction of sp³-hybridized carbons (Fsp3) is 0.308. The lowest BCUT2D eigenvalue weighted by Crippen LogP contribution is -2.42. The molecule has 0 atom stereocenters. The first-order chi connectivity index (χ1) is 16.1. The van der Waals surface area contributed by atoms with E-state index in [1.165, 1.54) is 6.07 Å². The Morgan fingerprint density at radius 1 is 1.09 bits per heavy atom. The van der Waals surface area contributed by atoms with Crippen molar-refractivity contribution in [2.45, 2.75) is 19.4 Å². The second-order valence-corrected chi connectivity index (χ2v) is 8.50. The van der Waals surface area contributed by atoms with Crippen LogP contribution >= 0.6 is 11.6 Å². The van der Waals surface area contributed by atoms with Crippen molar-refractivity contribution >= 4 is 17.5 Å². The van der Waals surface area contributed by atoms with Crippen molar-refractivity contribution in [3.8, 4) is 16.9 Å². The molecule has 0 radical (unpaired) electrons. The molecule has 0 spiro atoms. The standard InChI is InChI=1S/C26H27ClFN3O2/c27-21-9-7-19(8-10-21)22-4-3-13-30-24(22)18-31(26(32)20-11-14-29-15-12-20)16-17-33-25-6-2-1-5-23(25)28/h1-10,13,20,29H,11-12,14-18H2. The van der Waals surface area contributed by atoms with Crippen LogP contribution in [0.2, 0.25) is 5.02 Å². The highest BCUT2D eigenvalue weighted by Crippen LogP contribution is 2.26. The van der Waals surface area contributed by atoms with Crippen molar-refractivity contribution in [1.82, 2.24) is 15.2 Å². The number of hydrogen-bond acceptors (Lipinski definition) is 4. The average Bonchev–Trinajstić information content (AvgIpc) is 2.85. The van der Waals surface area contributed by atoms with Crippen LogP contribution < -0.4 is 10.1 Å². The van der Waals surface area contributed by atoms with Crippen LogP contribution in [0, 0.1) is 11.7 Å². The van der Waals surface area contributed by atoms with Gasteiger partial charge < -0.3 is 15.0 Å². The molecule has 172 valence electrons.